The van der Waals surface area contributed by atoms with Crippen LogP contribution < -0.4 is 9.47 Å². The molecule has 0 amide bonds. The van der Waals surface area contributed by atoms with Gasteiger partial charge >= 0.3 is 0 Å². The molecule has 0 N–H and O–H groups in total. The van der Waals surface area contributed by atoms with Crippen molar-refractivity contribution >= 4 is 0 Å². The Morgan fingerprint density at radius 3 is 3.00 bits per heavy atom. The highest BCUT2D eigenvalue weighted by molar-refractivity contribution is 5.47. The number of hydrogen-bond donors (Lipinski definition) is 0. The van der Waals surface area contributed by atoms with Crippen LogP contribution in [0.25, 0.3) is 0 Å². The maximum atomic E-state index is 5.77. The van der Waals surface area contributed by atoms with Gasteiger partial charge in [-0.15, -0.1) is 0 Å². The molecular formula is C14H15NO3. The summed E-state index contributed by atoms with van der Waals surface area (Å²) < 4.78 is 16.4. The second kappa shape index (κ2) is 4.74. The number of para-hydroxylation sites is 1. The monoisotopic (exact) mass is 245 g/mol. The molecular weight excluding hydrogens is 230 g/mol. The molecule has 0 unspecified atom stereocenters. The van der Waals surface area contributed by atoms with Crippen molar-refractivity contribution in [3.8, 4) is 11.5 Å². The first-order valence-electron chi connectivity index (χ1n) is 5.90. The van der Waals surface area contributed by atoms with Crippen molar-refractivity contribution in [2.45, 2.75) is 13.1 Å². The van der Waals surface area contributed by atoms with E-state index in [2.05, 4.69) is 11.0 Å². The molecule has 3 rings (SSSR count). The number of methoxy groups -OCH3 is 1. The number of rotatable bonds is 3. The topological polar surface area (TPSA) is 34.8 Å². The van der Waals surface area contributed by atoms with E-state index in [9.17, 15) is 0 Å². The fourth-order valence-electron chi connectivity index (χ4n) is 2.18. The summed E-state index contributed by atoms with van der Waals surface area (Å²) in [4.78, 5) is 2.18. The van der Waals surface area contributed by atoms with Crippen molar-refractivity contribution in [3.05, 3.63) is 47.9 Å². The van der Waals surface area contributed by atoms with E-state index < -0.39 is 0 Å². The predicted octanol–water partition coefficient (Wildman–Crippen LogP) is 2.64. The fourth-order valence-corrected chi connectivity index (χ4v) is 2.18. The van der Waals surface area contributed by atoms with Crippen LogP contribution in [0.4, 0.5) is 0 Å². The summed E-state index contributed by atoms with van der Waals surface area (Å²) in [6, 6.07) is 9.84. The van der Waals surface area contributed by atoms with Crippen LogP contribution >= 0.6 is 0 Å². The maximum Gasteiger partial charge on any atom is 0.167 e. The minimum absolute atomic E-state index is 0.550. The number of furan rings is 1. The van der Waals surface area contributed by atoms with Gasteiger partial charge in [0.15, 0.2) is 11.5 Å². The van der Waals surface area contributed by atoms with Crippen molar-refractivity contribution < 1.29 is 13.9 Å². The van der Waals surface area contributed by atoms with E-state index in [4.69, 9.17) is 13.9 Å². The Morgan fingerprint density at radius 2 is 2.22 bits per heavy atom. The highest BCUT2D eigenvalue weighted by Crippen LogP contribution is 2.34. The summed E-state index contributed by atoms with van der Waals surface area (Å²) in [5.41, 5.74) is 1.15. The van der Waals surface area contributed by atoms with Crippen molar-refractivity contribution in [1.82, 2.24) is 4.90 Å². The van der Waals surface area contributed by atoms with Gasteiger partial charge in [0.1, 0.15) is 12.5 Å². The van der Waals surface area contributed by atoms with E-state index in [0.717, 1.165) is 35.9 Å². The van der Waals surface area contributed by atoms with Gasteiger partial charge in [0, 0.05) is 12.1 Å². The van der Waals surface area contributed by atoms with Gasteiger partial charge in [-0.3, -0.25) is 4.90 Å². The number of fused-ring (bicyclic) bond motifs is 1. The molecule has 0 saturated heterocycles. The summed E-state index contributed by atoms with van der Waals surface area (Å²) in [5.74, 6) is 2.60. The van der Waals surface area contributed by atoms with Gasteiger partial charge < -0.3 is 13.9 Å². The van der Waals surface area contributed by atoms with Crippen LogP contribution in [0.2, 0.25) is 0 Å². The Morgan fingerprint density at radius 1 is 1.28 bits per heavy atom. The number of benzene rings is 1. The highest BCUT2D eigenvalue weighted by atomic mass is 16.5. The molecule has 4 nitrogen and oxygen atoms in total. The molecule has 0 fully saturated rings. The predicted molar refractivity (Wildman–Crippen MR) is 66.4 cm³/mol. The third-order valence-corrected chi connectivity index (χ3v) is 3.03. The average Bonchev–Trinajstić information content (AvgIpc) is 2.90. The first-order chi connectivity index (χ1) is 8.86. The first-order valence-corrected chi connectivity index (χ1v) is 5.90. The van der Waals surface area contributed by atoms with Gasteiger partial charge in [0.25, 0.3) is 0 Å². The van der Waals surface area contributed by atoms with E-state index in [-0.39, 0.29) is 0 Å². The van der Waals surface area contributed by atoms with Crippen molar-refractivity contribution in [2.75, 3.05) is 13.8 Å². The maximum absolute atomic E-state index is 5.77. The Labute approximate surface area is 106 Å². The van der Waals surface area contributed by atoms with Gasteiger partial charge in [0.2, 0.25) is 0 Å². The summed E-state index contributed by atoms with van der Waals surface area (Å²) in [5, 5.41) is 0. The highest BCUT2D eigenvalue weighted by Gasteiger charge is 2.20. The molecule has 2 aromatic rings. The molecule has 2 heterocycles. The van der Waals surface area contributed by atoms with Crippen LogP contribution in [-0.4, -0.2) is 18.7 Å². The minimum atomic E-state index is 0.550. The lowest BCUT2D eigenvalue weighted by Gasteiger charge is -2.29. The number of ether oxygens (including phenoxy) is 2. The third kappa shape index (κ3) is 2.07. The largest absolute Gasteiger partial charge is 0.493 e. The average molecular weight is 245 g/mol. The minimum Gasteiger partial charge on any atom is -0.493 e. The molecule has 0 bridgehead atoms. The van der Waals surface area contributed by atoms with E-state index in [1.165, 1.54) is 0 Å². The zero-order chi connectivity index (χ0) is 12.4. The van der Waals surface area contributed by atoms with Crippen LogP contribution in [0.15, 0.2) is 41.0 Å². The lowest BCUT2D eigenvalue weighted by atomic mass is 10.1. The molecule has 0 atom stereocenters. The molecule has 1 aromatic carbocycles. The Kier molecular flexibility index (Phi) is 2.94. The first kappa shape index (κ1) is 11.2. The van der Waals surface area contributed by atoms with Crippen LogP contribution in [0, 0.1) is 0 Å². The van der Waals surface area contributed by atoms with Crippen LogP contribution in [0.1, 0.15) is 11.3 Å². The Bertz CT molecular complexity index is 522. The van der Waals surface area contributed by atoms with Gasteiger partial charge in [-0.2, -0.15) is 0 Å². The van der Waals surface area contributed by atoms with E-state index in [1.54, 1.807) is 13.4 Å². The molecule has 0 saturated carbocycles. The SMILES string of the molecule is COc1cccc2c1OCN(Cc1ccco1)C2. The smallest absolute Gasteiger partial charge is 0.167 e. The normalized spacial score (nSPS) is 14.9. The molecule has 0 radical (unpaired) electrons. The summed E-state index contributed by atoms with van der Waals surface area (Å²) in [6.07, 6.45) is 1.69. The third-order valence-electron chi connectivity index (χ3n) is 3.03. The fraction of sp³-hybridized carbons (Fsp3) is 0.286. The zero-order valence-corrected chi connectivity index (χ0v) is 10.3. The lowest BCUT2D eigenvalue weighted by molar-refractivity contribution is 0.0793. The van der Waals surface area contributed by atoms with Crippen molar-refractivity contribution in [2.24, 2.45) is 0 Å². The van der Waals surface area contributed by atoms with E-state index in [1.807, 2.05) is 24.3 Å². The van der Waals surface area contributed by atoms with Crippen molar-refractivity contribution in [1.29, 1.82) is 0 Å². The molecule has 0 spiro atoms. The second-order valence-corrected chi connectivity index (χ2v) is 4.29. The molecule has 18 heavy (non-hydrogen) atoms. The molecule has 1 aliphatic heterocycles. The quantitative estimate of drug-likeness (QED) is 0.832. The van der Waals surface area contributed by atoms with Crippen LogP contribution in [-0.2, 0) is 13.1 Å². The summed E-state index contributed by atoms with van der Waals surface area (Å²) >= 11 is 0. The van der Waals surface area contributed by atoms with Crippen LogP contribution in [0.3, 0.4) is 0 Å². The Hall–Kier alpha value is -1.94. The zero-order valence-electron chi connectivity index (χ0n) is 10.3. The van der Waals surface area contributed by atoms with Crippen LogP contribution in [0.5, 0.6) is 11.5 Å². The van der Waals surface area contributed by atoms with Gasteiger partial charge in [-0.25, -0.2) is 0 Å². The molecule has 0 aliphatic carbocycles. The number of nitrogens with zero attached hydrogens (tertiary/aromatic N) is 1. The Balaban J connectivity index is 1.77. The molecule has 94 valence electrons. The van der Waals surface area contributed by atoms with E-state index in [0.29, 0.717) is 6.73 Å². The number of hydrogen-bond acceptors (Lipinski definition) is 4. The lowest BCUT2D eigenvalue weighted by Crippen LogP contribution is -2.31. The molecule has 1 aliphatic rings. The van der Waals surface area contributed by atoms with Crippen molar-refractivity contribution in [3.63, 3.8) is 0 Å². The van der Waals surface area contributed by atoms with Gasteiger partial charge in [-0.05, 0) is 18.2 Å². The van der Waals surface area contributed by atoms with E-state index >= 15 is 0 Å². The standard InChI is InChI=1S/C14H15NO3/c1-16-13-6-2-4-11-8-15(10-18-14(11)13)9-12-5-3-7-17-12/h2-7H,8-10H2,1H3. The molecule has 4 heteroatoms. The van der Waals surface area contributed by atoms with Gasteiger partial charge in [-0.1, -0.05) is 12.1 Å². The van der Waals surface area contributed by atoms with Gasteiger partial charge in [0.05, 0.1) is 19.9 Å². The molecule has 1 aromatic heterocycles. The summed E-state index contributed by atoms with van der Waals surface area (Å²) in [7, 11) is 1.66. The second-order valence-electron chi connectivity index (χ2n) is 4.29. The summed E-state index contributed by atoms with van der Waals surface area (Å²) in [6.45, 7) is 2.14.